The van der Waals surface area contributed by atoms with Crippen molar-refractivity contribution < 1.29 is 8.78 Å². The molecule has 0 saturated carbocycles. The Morgan fingerprint density at radius 3 is 1.93 bits per heavy atom. The normalized spacial score (nSPS) is 10.5. The van der Waals surface area contributed by atoms with Crippen LogP contribution in [0.2, 0.25) is 0 Å². The van der Waals surface area contributed by atoms with Gasteiger partial charge in [-0.1, -0.05) is 0 Å². The van der Waals surface area contributed by atoms with Gasteiger partial charge in [0, 0.05) is 21.7 Å². The summed E-state index contributed by atoms with van der Waals surface area (Å²) >= 11 is 2.17. The maximum Gasteiger partial charge on any atom is 0.176 e. The van der Waals surface area contributed by atoms with Crippen LogP contribution in [0.4, 0.5) is 8.78 Å². The number of hydrogen-bond donors (Lipinski definition) is 0. The molecule has 0 bridgehead atoms. The maximum absolute atomic E-state index is 12.7. The second-order valence-corrected chi connectivity index (χ2v) is 4.08. The van der Waals surface area contributed by atoms with E-state index in [0.29, 0.717) is 0 Å². The molecule has 0 fully saturated rings. The Morgan fingerprint density at radius 2 is 1.43 bits per heavy atom. The highest BCUT2D eigenvalue weighted by atomic mass is 127. The number of benzene rings is 1. The van der Waals surface area contributed by atoms with E-state index in [9.17, 15) is 8.78 Å². The van der Waals surface area contributed by atoms with Crippen LogP contribution in [0, 0.1) is 15.2 Å². The smallest absolute Gasteiger partial charge is 0.176 e. The number of hydrogen-bond acceptors (Lipinski definition) is 0. The highest BCUT2D eigenvalue weighted by molar-refractivity contribution is 14.1. The van der Waals surface area contributed by atoms with Crippen LogP contribution in [0.25, 0.3) is 5.69 Å². The van der Waals surface area contributed by atoms with Gasteiger partial charge in [-0.05, 0) is 46.9 Å². The van der Waals surface area contributed by atoms with Gasteiger partial charge in [0.15, 0.2) is 11.6 Å². The third-order valence-corrected chi connectivity index (χ3v) is 2.58. The zero-order valence-corrected chi connectivity index (χ0v) is 9.20. The van der Waals surface area contributed by atoms with Gasteiger partial charge in [-0.15, -0.1) is 0 Å². The van der Waals surface area contributed by atoms with Gasteiger partial charge in [0.1, 0.15) is 0 Å². The Kier molecular flexibility index (Phi) is 2.54. The van der Waals surface area contributed by atoms with Crippen LogP contribution < -0.4 is 0 Å². The Morgan fingerprint density at radius 1 is 0.929 bits per heavy atom. The summed E-state index contributed by atoms with van der Waals surface area (Å²) in [6.07, 6.45) is 2.25. The maximum atomic E-state index is 12.7. The summed E-state index contributed by atoms with van der Waals surface area (Å²) in [6, 6.07) is 7.37. The van der Waals surface area contributed by atoms with Gasteiger partial charge < -0.3 is 4.57 Å². The molecule has 2 rings (SSSR count). The van der Waals surface area contributed by atoms with Gasteiger partial charge in [-0.2, -0.15) is 0 Å². The topological polar surface area (TPSA) is 4.93 Å². The number of aromatic nitrogens is 1. The van der Waals surface area contributed by atoms with Gasteiger partial charge in [-0.3, -0.25) is 0 Å². The molecule has 0 atom stereocenters. The molecular weight excluding hydrogens is 299 g/mol. The summed E-state index contributed by atoms with van der Waals surface area (Å²) in [7, 11) is 0. The van der Waals surface area contributed by atoms with Gasteiger partial charge >= 0.3 is 0 Å². The summed E-state index contributed by atoms with van der Waals surface area (Å²) in [5.41, 5.74) is 0.744. The largest absolute Gasteiger partial charge is 0.318 e. The van der Waals surface area contributed by atoms with Crippen LogP contribution in [0.3, 0.4) is 0 Å². The highest BCUT2D eigenvalue weighted by Gasteiger charge is 2.05. The molecule has 0 aliphatic rings. The molecule has 0 saturated heterocycles. The average molecular weight is 305 g/mol. The molecule has 4 heteroatoms. The standard InChI is InChI=1S/C10H6F2IN/c11-9-5-14(6-10(9)12)8-3-1-7(13)2-4-8/h1-6H. The molecule has 0 spiro atoms. The van der Waals surface area contributed by atoms with Gasteiger partial charge in [0.25, 0.3) is 0 Å². The lowest BCUT2D eigenvalue weighted by atomic mass is 10.3. The van der Waals surface area contributed by atoms with Crippen molar-refractivity contribution in [3.05, 3.63) is 51.9 Å². The van der Waals surface area contributed by atoms with Crippen molar-refractivity contribution in [1.82, 2.24) is 4.57 Å². The van der Waals surface area contributed by atoms with Crippen molar-refractivity contribution in [2.75, 3.05) is 0 Å². The average Bonchev–Trinajstić information content (AvgIpc) is 2.48. The van der Waals surface area contributed by atoms with Crippen LogP contribution >= 0.6 is 22.6 Å². The van der Waals surface area contributed by atoms with Crippen molar-refractivity contribution in [1.29, 1.82) is 0 Å². The predicted octanol–water partition coefficient (Wildman–Crippen LogP) is 3.36. The fourth-order valence-corrected chi connectivity index (χ4v) is 1.53. The summed E-state index contributed by atoms with van der Waals surface area (Å²) in [5, 5.41) is 0. The summed E-state index contributed by atoms with van der Waals surface area (Å²) in [4.78, 5) is 0. The van der Waals surface area contributed by atoms with Crippen LogP contribution in [-0.4, -0.2) is 4.57 Å². The van der Waals surface area contributed by atoms with Crippen molar-refractivity contribution in [2.45, 2.75) is 0 Å². The predicted molar refractivity (Wildman–Crippen MR) is 58.4 cm³/mol. The summed E-state index contributed by atoms with van der Waals surface area (Å²) < 4.78 is 27.9. The third kappa shape index (κ3) is 1.79. The van der Waals surface area contributed by atoms with E-state index in [1.165, 1.54) is 4.57 Å². The first kappa shape index (κ1) is 9.64. The Balaban J connectivity index is 2.44. The second-order valence-electron chi connectivity index (χ2n) is 2.84. The van der Waals surface area contributed by atoms with E-state index in [1.807, 2.05) is 12.1 Å². The molecule has 1 heterocycles. The minimum atomic E-state index is -0.830. The molecule has 1 aromatic heterocycles. The lowest BCUT2D eigenvalue weighted by molar-refractivity contribution is 0.516. The molecule has 0 N–H and O–H groups in total. The molecule has 0 unspecified atom stereocenters. The monoisotopic (exact) mass is 305 g/mol. The van der Waals surface area contributed by atoms with E-state index in [-0.39, 0.29) is 0 Å². The van der Waals surface area contributed by atoms with Crippen LogP contribution in [0.5, 0.6) is 0 Å². The summed E-state index contributed by atoms with van der Waals surface area (Å²) in [6.45, 7) is 0. The Hall–Kier alpha value is -0.910. The van der Waals surface area contributed by atoms with E-state index >= 15 is 0 Å². The van der Waals surface area contributed by atoms with E-state index in [0.717, 1.165) is 21.7 Å². The second kappa shape index (κ2) is 3.68. The zero-order chi connectivity index (χ0) is 10.1. The number of rotatable bonds is 1. The van der Waals surface area contributed by atoms with E-state index in [4.69, 9.17) is 0 Å². The van der Waals surface area contributed by atoms with Crippen molar-refractivity contribution >= 4 is 22.6 Å². The minimum absolute atomic E-state index is 0.744. The van der Waals surface area contributed by atoms with Gasteiger partial charge in [0.05, 0.1) is 0 Å². The minimum Gasteiger partial charge on any atom is -0.318 e. The van der Waals surface area contributed by atoms with Crippen LogP contribution in [-0.2, 0) is 0 Å². The molecule has 0 amide bonds. The van der Waals surface area contributed by atoms with Crippen LogP contribution in [0.1, 0.15) is 0 Å². The Labute approximate surface area is 93.5 Å². The lowest BCUT2D eigenvalue weighted by Crippen LogP contribution is -1.88. The fraction of sp³-hybridized carbons (Fsp3) is 0. The van der Waals surface area contributed by atoms with Crippen molar-refractivity contribution in [3.8, 4) is 5.69 Å². The van der Waals surface area contributed by atoms with E-state index in [1.54, 1.807) is 12.1 Å². The number of nitrogens with zero attached hydrogens (tertiary/aromatic N) is 1. The first-order chi connectivity index (χ1) is 6.66. The first-order valence-electron chi connectivity index (χ1n) is 3.96. The zero-order valence-electron chi connectivity index (χ0n) is 7.05. The molecule has 14 heavy (non-hydrogen) atoms. The van der Waals surface area contributed by atoms with E-state index < -0.39 is 11.6 Å². The third-order valence-electron chi connectivity index (χ3n) is 1.86. The van der Waals surface area contributed by atoms with Gasteiger partial charge in [0.2, 0.25) is 0 Å². The molecule has 0 radical (unpaired) electrons. The van der Waals surface area contributed by atoms with Crippen molar-refractivity contribution in [3.63, 3.8) is 0 Å². The summed E-state index contributed by atoms with van der Waals surface area (Å²) in [5.74, 6) is -1.66. The first-order valence-corrected chi connectivity index (χ1v) is 5.03. The molecule has 0 aliphatic carbocycles. The van der Waals surface area contributed by atoms with Crippen molar-refractivity contribution in [2.24, 2.45) is 0 Å². The van der Waals surface area contributed by atoms with Crippen LogP contribution in [0.15, 0.2) is 36.7 Å². The van der Waals surface area contributed by atoms with Gasteiger partial charge in [-0.25, -0.2) is 8.78 Å². The fourth-order valence-electron chi connectivity index (χ4n) is 1.17. The molecular formula is C10H6F2IN. The number of halogens is 3. The molecule has 72 valence electrons. The SMILES string of the molecule is Fc1cn(-c2ccc(I)cc2)cc1F. The highest BCUT2D eigenvalue weighted by Crippen LogP contribution is 2.14. The quantitative estimate of drug-likeness (QED) is 0.712. The molecule has 2 aromatic rings. The molecule has 1 aromatic carbocycles. The lowest BCUT2D eigenvalue weighted by Gasteiger charge is -2.01. The molecule has 1 nitrogen and oxygen atoms in total. The van der Waals surface area contributed by atoms with E-state index in [2.05, 4.69) is 22.6 Å². The molecule has 0 aliphatic heterocycles. The Bertz CT molecular complexity index is 428.